The first-order valence-corrected chi connectivity index (χ1v) is 12.8. The quantitative estimate of drug-likeness (QED) is 0.310. The fourth-order valence-corrected chi connectivity index (χ4v) is 4.71. The zero-order valence-corrected chi connectivity index (χ0v) is 22.2. The molecule has 0 aliphatic heterocycles. The smallest absolute Gasteiger partial charge is 0.378 e. The average Bonchev–Trinajstić information content (AvgIpc) is 2.91. The van der Waals surface area contributed by atoms with Crippen LogP contribution in [0.2, 0.25) is 0 Å². The van der Waals surface area contributed by atoms with Crippen LogP contribution >= 0.6 is 0 Å². The topological polar surface area (TPSA) is 108 Å². The summed E-state index contributed by atoms with van der Waals surface area (Å²) >= 11 is 0. The molecule has 1 aliphatic rings. The molecule has 1 fully saturated rings. The van der Waals surface area contributed by atoms with Crippen molar-refractivity contribution in [3.05, 3.63) is 59.7 Å². The number of aliphatic hydroxyl groups excluding tert-OH is 1. The van der Waals surface area contributed by atoms with Crippen LogP contribution in [0, 0.1) is 17.6 Å². The highest BCUT2D eigenvalue weighted by molar-refractivity contribution is 5.90. The van der Waals surface area contributed by atoms with Crippen LogP contribution in [0.25, 0.3) is 10.9 Å². The molecule has 220 valence electrons. The first-order chi connectivity index (χ1) is 19.3. The minimum atomic E-state index is -5.42. The van der Waals surface area contributed by atoms with Gasteiger partial charge in [0.2, 0.25) is 5.95 Å². The maximum Gasteiger partial charge on any atom is 0.493 e. The summed E-state index contributed by atoms with van der Waals surface area (Å²) in [6, 6.07) is 9.27. The summed E-state index contributed by atoms with van der Waals surface area (Å²) in [5.41, 5.74) is 0.209. The summed E-state index contributed by atoms with van der Waals surface area (Å²) in [5, 5.41) is 14.7. The van der Waals surface area contributed by atoms with Gasteiger partial charge in [0.25, 0.3) is 5.91 Å². The molecule has 41 heavy (non-hydrogen) atoms. The van der Waals surface area contributed by atoms with Gasteiger partial charge in [0.15, 0.2) is 6.10 Å². The third-order valence-electron chi connectivity index (χ3n) is 6.72. The predicted octanol–water partition coefficient (Wildman–Crippen LogP) is 4.53. The van der Waals surface area contributed by atoms with E-state index in [1.807, 2.05) is 43.3 Å². The van der Waals surface area contributed by atoms with Crippen molar-refractivity contribution in [1.29, 1.82) is 0 Å². The highest BCUT2D eigenvalue weighted by Crippen LogP contribution is 2.30. The zero-order chi connectivity index (χ0) is 29.9. The van der Waals surface area contributed by atoms with Gasteiger partial charge < -0.3 is 20.2 Å². The van der Waals surface area contributed by atoms with Crippen molar-refractivity contribution in [2.45, 2.75) is 44.0 Å². The molecular weight excluding hydrogens is 553 g/mol. The number of para-hydroxylation sites is 1. The molecule has 0 saturated heterocycles. The number of fused-ring (bicyclic) bond motifs is 1. The van der Waals surface area contributed by atoms with Gasteiger partial charge in [-0.25, -0.2) is 18.6 Å². The van der Waals surface area contributed by atoms with Gasteiger partial charge in [-0.3, -0.25) is 4.79 Å². The lowest BCUT2D eigenvalue weighted by atomic mass is 9.86. The Morgan fingerprint density at radius 3 is 2.29 bits per heavy atom. The first kappa shape index (κ1) is 29.9. The second kappa shape index (κ2) is 12.2. The zero-order valence-electron chi connectivity index (χ0n) is 22.2. The number of hydrogen-bond acceptors (Lipinski definition) is 8. The lowest BCUT2D eigenvalue weighted by Crippen LogP contribution is -2.44. The van der Waals surface area contributed by atoms with Crippen LogP contribution in [0.15, 0.2) is 42.5 Å². The normalized spacial score (nSPS) is 18.0. The van der Waals surface area contributed by atoms with E-state index in [1.54, 1.807) is 0 Å². The number of nitrogens with zero attached hydrogens (tertiary/aromatic N) is 4. The van der Waals surface area contributed by atoms with Crippen molar-refractivity contribution in [3.8, 4) is 0 Å². The molecule has 0 radical (unpaired) electrons. The molecule has 9 nitrogen and oxygen atoms in total. The van der Waals surface area contributed by atoms with Crippen molar-refractivity contribution < 1.29 is 41.5 Å². The van der Waals surface area contributed by atoms with Crippen LogP contribution < -0.4 is 10.2 Å². The van der Waals surface area contributed by atoms with Crippen molar-refractivity contribution >= 4 is 34.5 Å². The third-order valence-corrected chi connectivity index (χ3v) is 6.72. The summed E-state index contributed by atoms with van der Waals surface area (Å²) in [7, 11) is 3.73. The third kappa shape index (κ3) is 7.37. The van der Waals surface area contributed by atoms with Gasteiger partial charge >= 0.3 is 12.1 Å². The van der Waals surface area contributed by atoms with E-state index in [1.165, 1.54) is 0 Å². The van der Waals surface area contributed by atoms with Gasteiger partial charge in [0, 0.05) is 31.6 Å². The molecule has 14 heteroatoms. The van der Waals surface area contributed by atoms with Crippen molar-refractivity contribution in [1.82, 2.24) is 15.0 Å². The fourth-order valence-electron chi connectivity index (χ4n) is 4.71. The van der Waals surface area contributed by atoms with Crippen LogP contribution in [-0.4, -0.2) is 64.9 Å². The van der Waals surface area contributed by atoms with E-state index in [2.05, 4.69) is 20.1 Å². The van der Waals surface area contributed by atoms with Crippen LogP contribution in [0.1, 0.15) is 37.4 Å². The molecule has 2 aromatic carbocycles. The van der Waals surface area contributed by atoms with E-state index in [0.717, 1.165) is 16.7 Å². The number of rotatable bonds is 7. The molecule has 4 rings (SSSR count). The van der Waals surface area contributed by atoms with Gasteiger partial charge in [-0.05, 0) is 61.4 Å². The Morgan fingerprint density at radius 2 is 1.68 bits per heavy atom. The molecule has 2 N–H and O–H groups in total. The number of carbonyl (C=O) groups excluding carboxylic acids is 2. The average molecular weight is 582 g/mol. The van der Waals surface area contributed by atoms with Crippen LogP contribution in [0.5, 0.6) is 0 Å². The predicted molar refractivity (Wildman–Crippen MR) is 138 cm³/mol. The second-order valence-electron chi connectivity index (χ2n) is 10.0. The minimum Gasteiger partial charge on any atom is -0.378 e. The minimum absolute atomic E-state index is 0.0786. The number of halogens is 5. The largest absolute Gasteiger partial charge is 0.493 e. The number of hydrogen-bond donors (Lipinski definition) is 2. The van der Waals surface area contributed by atoms with Crippen LogP contribution in [-0.2, 0) is 14.4 Å². The summed E-state index contributed by atoms with van der Waals surface area (Å²) in [6.45, 7) is -0.459. The highest BCUT2D eigenvalue weighted by Gasteiger charge is 2.44. The monoisotopic (exact) mass is 581 g/mol. The second-order valence-corrected chi connectivity index (χ2v) is 10.0. The number of carbonyl (C=O) groups is 2. The Morgan fingerprint density at radius 1 is 1.05 bits per heavy atom. The molecule has 1 saturated carbocycles. The summed E-state index contributed by atoms with van der Waals surface area (Å²) < 4.78 is 65.9. The highest BCUT2D eigenvalue weighted by atomic mass is 19.4. The van der Waals surface area contributed by atoms with Gasteiger partial charge in [-0.15, -0.1) is 0 Å². The number of nitrogens with one attached hydrogen (secondary N) is 1. The van der Waals surface area contributed by atoms with E-state index >= 15 is 0 Å². The molecule has 3 aromatic rings. The number of alkyl halides is 3. The summed E-state index contributed by atoms with van der Waals surface area (Å²) in [5.74, 6) is -5.60. The van der Waals surface area contributed by atoms with Gasteiger partial charge in [-0.2, -0.15) is 23.2 Å². The Hall–Kier alpha value is -4.07. The number of amides is 1. The van der Waals surface area contributed by atoms with E-state index in [-0.39, 0.29) is 11.1 Å². The summed E-state index contributed by atoms with van der Waals surface area (Å²) in [6.07, 6.45) is -5.78. The molecule has 0 bridgehead atoms. The Balaban J connectivity index is 1.44. The van der Waals surface area contributed by atoms with Gasteiger partial charge in [0.1, 0.15) is 17.5 Å². The molecule has 0 spiro atoms. The Bertz CT molecular complexity index is 1390. The molecule has 1 unspecified atom stereocenters. The summed E-state index contributed by atoms with van der Waals surface area (Å²) in [4.78, 5) is 39.8. The van der Waals surface area contributed by atoms with E-state index < -0.39 is 53.8 Å². The van der Waals surface area contributed by atoms with Gasteiger partial charge in [-0.1, -0.05) is 12.1 Å². The SMILES string of the molecule is CN(C)c1nc(NC2CCC(CN(OC(=O)C(F)(F)F)C(=O)C(O)c3cc(F)cc(F)c3)CC2)nc2ccccc12. The number of anilines is 2. The van der Waals surface area contributed by atoms with Crippen LogP contribution in [0.3, 0.4) is 0 Å². The van der Waals surface area contributed by atoms with Crippen molar-refractivity contribution in [2.24, 2.45) is 5.92 Å². The molecule has 1 atom stereocenters. The molecule has 1 heterocycles. The molecule has 1 amide bonds. The lowest BCUT2D eigenvalue weighted by molar-refractivity contribution is -0.241. The number of hydroxylamine groups is 2. The molecular formula is C27H28F5N5O4. The first-order valence-electron chi connectivity index (χ1n) is 12.8. The van der Waals surface area contributed by atoms with E-state index in [0.29, 0.717) is 49.8 Å². The Kier molecular flexibility index (Phi) is 8.90. The fraction of sp³-hybridized carbons (Fsp3) is 0.407. The number of aromatic nitrogens is 2. The molecule has 1 aromatic heterocycles. The van der Waals surface area contributed by atoms with Crippen LogP contribution in [0.4, 0.5) is 33.7 Å². The molecule has 1 aliphatic carbocycles. The van der Waals surface area contributed by atoms with Crippen molar-refractivity contribution in [3.63, 3.8) is 0 Å². The number of aliphatic hydroxyl groups is 1. The van der Waals surface area contributed by atoms with Gasteiger partial charge in [0.05, 0.1) is 12.1 Å². The maximum absolute atomic E-state index is 13.6. The van der Waals surface area contributed by atoms with E-state index in [4.69, 9.17) is 0 Å². The lowest BCUT2D eigenvalue weighted by Gasteiger charge is -2.33. The Labute approximate surface area is 231 Å². The van der Waals surface area contributed by atoms with Crippen molar-refractivity contribution in [2.75, 3.05) is 30.9 Å². The maximum atomic E-state index is 13.6. The standard InChI is InChI=1S/C27H28F5N5O4/c1-36(2)23-20-5-3-4-6-21(20)34-26(35-23)33-19-9-7-15(8-10-19)14-37(41-25(40)27(30,31)32)24(39)22(38)16-11-17(28)13-18(29)12-16/h3-6,11-13,15,19,22,38H,7-10,14H2,1-2H3,(H,33,34,35). The van der Waals surface area contributed by atoms with E-state index in [9.17, 15) is 36.6 Å². The number of benzene rings is 2.